The Morgan fingerprint density at radius 2 is 2.04 bits per heavy atom. The van der Waals surface area contributed by atoms with Gasteiger partial charge in [-0.15, -0.1) is 0 Å². The molecule has 1 aliphatic heterocycles. The number of carbonyl (C=O) groups excluding carboxylic acids is 1. The number of rotatable bonds is 3. The molecule has 1 amide bonds. The van der Waals surface area contributed by atoms with Crippen molar-refractivity contribution < 1.29 is 4.79 Å². The Morgan fingerprint density at radius 1 is 1.16 bits per heavy atom. The molecule has 0 atom stereocenters. The summed E-state index contributed by atoms with van der Waals surface area (Å²) in [5.41, 5.74) is 6.05. The summed E-state index contributed by atoms with van der Waals surface area (Å²) in [4.78, 5) is 17.9. The molecule has 3 aromatic rings. The van der Waals surface area contributed by atoms with E-state index >= 15 is 0 Å². The molecule has 0 saturated heterocycles. The number of hydrogen-bond donors (Lipinski definition) is 1. The highest BCUT2D eigenvalue weighted by Crippen LogP contribution is 2.29. The normalized spacial score (nSPS) is 14.6. The number of benzene rings is 2. The average molecular weight is 330 g/mol. The zero-order valence-corrected chi connectivity index (χ0v) is 14.5. The number of aromatic nitrogens is 1. The van der Waals surface area contributed by atoms with Crippen LogP contribution in [0.4, 0.5) is 0 Å². The fourth-order valence-corrected chi connectivity index (χ4v) is 3.59. The first kappa shape index (κ1) is 15.7. The maximum absolute atomic E-state index is 12.6. The molecule has 2 aromatic carbocycles. The number of carbonyl (C=O) groups is 1. The van der Waals surface area contributed by atoms with Gasteiger partial charge in [0.25, 0.3) is 0 Å². The maximum atomic E-state index is 12.6. The number of aromatic amines is 1. The Labute approximate surface area is 148 Å². The van der Waals surface area contributed by atoms with Crippen molar-refractivity contribution in [2.24, 2.45) is 0 Å². The van der Waals surface area contributed by atoms with Gasteiger partial charge in [-0.2, -0.15) is 0 Å². The first-order chi connectivity index (χ1) is 12.2. The molecule has 0 radical (unpaired) electrons. The Kier molecular flexibility index (Phi) is 4.14. The summed E-state index contributed by atoms with van der Waals surface area (Å²) in [7, 11) is 0. The van der Waals surface area contributed by atoms with Crippen LogP contribution in [0.3, 0.4) is 0 Å². The molecular formula is C22H22N2O. The average Bonchev–Trinajstić information content (AvgIpc) is 3.06. The Morgan fingerprint density at radius 3 is 2.84 bits per heavy atom. The van der Waals surface area contributed by atoms with Crippen molar-refractivity contribution in [1.29, 1.82) is 0 Å². The molecule has 0 aliphatic carbocycles. The molecule has 4 rings (SSSR count). The first-order valence-electron chi connectivity index (χ1n) is 8.79. The highest BCUT2D eigenvalue weighted by molar-refractivity contribution is 5.93. The van der Waals surface area contributed by atoms with Crippen LogP contribution in [0.2, 0.25) is 0 Å². The lowest BCUT2D eigenvalue weighted by Gasteiger charge is -2.26. The molecular weight excluding hydrogens is 308 g/mol. The summed E-state index contributed by atoms with van der Waals surface area (Å²) in [5.74, 6) is 0.208. The number of H-pyrrole nitrogens is 1. The van der Waals surface area contributed by atoms with Crippen LogP contribution < -0.4 is 0 Å². The van der Waals surface area contributed by atoms with E-state index < -0.39 is 0 Å². The van der Waals surface area contributed by atoms with E-state index in [0.717, 1.165) is 24.0 Å². The van der Waals surface area contributed by atoms with E-state index in [1.807, 2.05) is 23.1 Å². The minimum absolute atomic E-state index is 0.208. The molecule has 0 spiro atoms. The van der Waals surface area contributed by atoms with Gasteiger partial charge >= 0.3 is 0 Å². The molecule has 2 heterocycles. The Bertz CT molecular complexity index is 951. The second-order valence-corrected chi connectivity index (χ2v) is 6.73. The number of fused-ring (bicyclic) bond motifs is 1. The van der Waals surface area contributed by atoms with Gasteiger partial charge < -0.3 is 9.88 Å². The standard InChI is InChI=1S/C22H22N2O/c1-16-5-4-6-17(13-16)14-22(25)24-11-9-18(10-12-24)20-15-23-21-8-3-2-7-19(20)21/h2-9,13,15,23H,10-12,14H2,1H3. The smallest absolute Gasteiger partial charge is 0.227 e. The SMILES string of the molecule is Cc1cccc(CC(=O)N2CC=C(c3c[nH]c4ccccc34)CC2)c1. The quantitative estimate of drug-likeness (QED) is 0.762. The minimum atomic E-state index is 0.208. The van der Waals surface area contributed by atoms with Crippen LogP contribution in [0.1, 0.15) is 23.1 Å². The van der Waals surface area contributed by atoms with Gasteiger partial charge in [0.15, 0.2) is 0 Å². The van der Waals surface area contributed by atoms with Crippen LogP contribution in [0, 0.1) is 6.92 Å². The number of amides is 1. The molecule has 1 aliphatic rings. The minimum Gasteiger partial charge on any atom is -0.361 e. The van der Waals surface area contributed by atoms with E-state index in [-0.39, 0.29) is 5.91 Å². The fraction of sp³-hybridized carbons (Fsp3) is 0.227. The highest BCUT2D eigenvalue weighted by Gasteiger charge is 2.19. The predicted octanol–water partition coefficient (Wildman–Crippen LogP) is 4.33. The summed E-state index contributed by atoms with van der Waals surface area (Å²) in [5, 5.41) is 1.26. The van der Waals surface area contributed by atoms with Crippen molar-refractivity contribution in [1.82, 2.24) is 9.88 Å². The van der Waals surface area contributed by atoms with Crippen LogP contribution in [0.15, 0.2) is 60.8 Å². The second kappa shape index (κ2) is 6.60. The fourth-order valence-electron chi connectivity index (χ4n) is 3.59. The monoisotopic (exact) mass is 330 g/mol. The number of nitrogens with zero attached hydrogens (tertiary/aromatic N) is 1. The summed E-state index contributed by atoms with van der Waals surface area (Å²) in [6, 6.07) is 16.6. The van der Waals surface area contributed by atoms with E-state index in [1.54, 1.807) is 0 Å². The topological polar surface area (TPSA) is 36.1 Å². The molecule has 0 unspecified atom stereocenters. The van der Waals surface area contributed by atoms with Gasteiger partial charge in [-0.25, -0.2) is 0 Å². The third-order valence-corrected chi connectivity index (χ3v) is 4.93. The van der Waals surface area contributed by atoms with Gasteiger partial charge in [-0.05, 0) is 30.5 Å². The predicted molar refractivity (Wildman–Crippen MR) is 102 cm³/mol. The molecule has 0 bridgehead atoms. The van der Waals surface area contributed by atoms with E-state index in [9.17, 15) is 4.79 Å². The molecule has 3 nitrogen and oxygen atoms in total. The Balaban J connectivity index is 1.47. The summed E-state index contributed by atoms with van der Waals surface area (Å²) in [6.45, 7) is 3.54. The van der Waals surface area contributed by atoms with Gasteiger partial charge in [0, 0.05) is 35.8 Å². The van der Waals surface area contributed by atoms with Gasteiger partial charge in [-0.1, -0.05) is 54.1 Å². The maximum Gasteiger partial charge on any atom is 0.227 e. The van der Waals surface area contributed by atoms with E-state index in [0.29, 0.717) is 13.0 Å². The first-order valence-corrected chi connectivity index (χ1v) is 8.79. The van der Waals surface area contributed by atoms with E-state index in [1.165, 1.54) is 22.1 Å². The zero-order chi connectivity index (χ0) is 17.2. The highest BCUT2D eigenvalue weighted by atomic mass is 16.2. The molecule has 3 heteroatoms. The molecule has 0 saturated carbocycles. The van der Waals surface area contributed by atoms with Gasteiger partial charge in [0.1, 0.15) is 0 Å². The molecule has 1 aromatic heterocycles. The molecule has 25 heavy (non-hydrogen) atoms. The molecule has 126 valence electrons. The number of para-hydroxylation sites is 1. The second-order valence-electron chi connectivity index (χ2n) is 6.73. The van der Waals surface area contributed by atoms with Gasteiger partial charge in [0.2, 0.25) is 5.91 Å². The number of nitrogens with one attached hydrogen (secondary N) is 1. The third-order valence-electron chi connectivity index (χ3n) is 4.93. The lowest BCUT2D eigenvalue weighted by Crippen LogP contribution is -2.35. The van der Waals surface area contributed by atoms with Crippen LogP contribution in [0.5, 0.6) is 0 Å². The van der Waals surface area contributed by atoms with Crippen molar-refractivity contribution >= 4 is 22.4 Å². The van der Waals surface area contributed by atoms with Gasteiger partial charge in [0.05, 0.1) is 6.42 Å². The van der Waals surface area contributed by atoms with Crippen molar-refractivity contribution in [3.63, 3.8) is 0 Å². The lowest BCUT2D eigenvalue weighted by atomic mass is 9.98. The third kappa shape index (κ3) is 3.22. The zero-order valence-electron chi connectivity index (χ0n) is 14.5. The summed E-state index contributed by atoms with van der Waals surface area (Å²) in [6.07, 6.45) is 5.67. The largest absolute Gasteiger partial charge is 0.361 e. The Hall–Kier alpha value is -2.81. The van der Waals surface area contributed by atoms with E-state index in [2.05, 4.69) is 54.5 Å². The van der Waals surface area contributed by atoms with Crippen molar-refractivity contribution in [3.8, 4) is 0 Å². The van der Waals surface area contributed by atoms with E-state index in [4.69, 9.17) is 0 Å². The van der Waals surface area contributed by atoms with Crippen LogP contribution >= 0.6 is 0 Å². The molecule has 0 fully saturated rings. The summed E-state index contributed by atoms with van der Waals surface area (Å²) < 4.78 is 0. The van der Waals surface area contributed by atoms with Crippen molar-refractivity contribution in [2.75, 3.05) is 13.1 Å². The van der Waals surface area contributed by atoms with Gasteiger partial charge in [-0.3, -0.25) is 4.79 Å². The van der Waals surface area contributed by atoms with Crippen molar-refractivity contribution in [2.45, 2.75) is 19.8 Å². The summed E-state index contributed by atoms with van der Waals surface area (Å²) >= 11 is 0. The van der Waals surface area contributed by atoms with Crippen LogP contribution in [-0.2, 0) is 11.2 Å². The van der Waals surface area contributed by atoms with Crippen LogP contribution in [-0.4, -0.2) is 28.9 Å². The molecule has 1 N–H and O–H groups in total. The lowest BCUT2D eigenvalue weighted by molar-refractivity contribution is -0.130. The number of hydrogen-bond acceptors (Lipinski definition) is 1. The van der Waals surface area contributed by atoms with Crippen molar-refractivity contribution in [3.05, 3.63) is 77.5 Å². The number of aryl methyl sites for hydroxylation is 1. The van der Waals surface area contributed by atoms with Crippen LogP contribution in [0.25, 0.3) is 16.5 Å².